The molecule has 2 unspecified atom stereocenters. The number of esters is 2. The van der Waals surface area contributed by atoms with Crippen LogP contribution in [0.3, 0.4) is 0 Å². The fourth-order valence-corrected chi connectivity index (χ4v) is 15.3. The number of allylic oxidation sites excluding steroid dienone is 2. The first-order valence-electron chi connectivity index (χ1n) is 25.6. The number of ether oxygens (including phenoxy) is 2. The second-order valence-corrected chi connectivity index (χ2v) is 26.3. The number of hydrogen-bond acceptors (Lipinski definition) is 10. The standard InChI is InChI=1S/C51H92NO8PS2/c1-10-11-12-13-14-15-16-17-18-19-20-24-48(53)57-36-42(37-59-61(55,56)58-34-33-52(7,8)9)60-49(54)38-62-63-43-29-31-50(5)41(35-43)25-26-44-46-28-27-45(40(4)23-21-22-39(2)3)51(46,6)32-30-47(44)50/h25,39-40,42-47H,10-24,26-38H2,1-9H3/t40-,42?,43+,44+,45-,46+,47+,50+,51-/m1/s1. The number of hydrogen-bond donors (Lipinski definition) is 0. The normalized spacial score (nSPS) is 28.9. The third kappa shape index (κ3) is 18.1. The quantitative estimate of drug-likeness (QED) is 0.0166. The SMILES string of the molecule is CCCCCCCCCCCCCC(=O)OCC(COP(=O)([O-])OCC[N+](C)(C)C)OC(=O)CSS[C@H]1CC[C@@]2(C)C(=CC[C@H]3[C@@H]4CC[C@H]([C@H](C)CCCC(C)C)[C@@]4(C)CC[C@@H]32)C1. The molecule has 3 saturated carbocycles. The van der Waals surface area contributed by atoms with Gasteiger partial charge in [-0.15, -0.1) is 0 Å². The zero-order chi connectivity index (χ0) is 46.1. The first-order valence-corrected chi connectivity index (χ1v) is 29.4. The summed E-state index contributed by atoms with van der Waals surface area (Å²) in [5.74, 6) is 4.18. The van der Waals surface area contributed by atoms with E-state index in [0.717, 1.165) is 67.6 Å². The van der Waals surface area contributed by atoms with Gasteiger partial charge in [-0.3, -0.25) is 14.2 Å². The first kappa shape index (κ1) is 55.0. The minimum atomic E-state index is -4.66. The van der Waals surface area contributed by atoms with E-state index >= 15 is 0 Å². The Morgan fingerprint density at radius 3 is 2.19 bits per heavy atom. The van der Waals surface area contributed by atoms with Crippen LogP contribution in [-0.2, 0) is 32.7 Å². The summed E-state index contributed by atoms with van der Waals surface area (Å²) in [7, 11) is 4.43. The number of phosphoric ester groups is 1. The topological polar surface area (TPSA) is 111 Å². The van der Waals surface area contributed by atoms with Gasteiger partial charge < -0.3 is 27.9 Å². The van der Waals surface area contributed by atoms with Crippen LogP contribution >= 0.6 is 29.4 Å². The number of nitrogens with zero attached hydrogens (tertiary/aromatic N) is 1. The fraction of sp³-hybridized carbons (Fsp3) is 0.922. The van der Waals surface area contributed by atoms with Crippen molar-refractivity contribution in [3.8, 4) is 0 Å². The number of rotatable bonds is 31. The van der Waals surface area contributed by atoms with Crippen molar-refractivity contribution >= 4 is 41.3 Å². The first-order chi connectivity index (χ1) is 29.9. The van der Waals surface area contributed by atoms with Crippen LogP contribution in [0, 0.1) is 46.3 Å². The molecule has 0 saturated heterocycles. The van der Waals surface area contributed by atoms with Crippen LogP contribution in [0.1, 0.15) is 189 Å². The van der Waals surface area contributed by atoms with Crippen molar-refractivity contribution < 1.29 is 42.1 Å². The minimum absolute atomic E-state index is 0.0342. The van der Waals surface area contributed by atoms with Crippen molar-refractivity contribution in [2.45, 2.75) is 201 Å². The summed E-state index contributed by atoms with van der Waals surface area (Å²) in [6.07, 6.45) is 29.2. The van der Waals surface area contributed by atoms with Crippen molar-refractivity contribution in [1.82, 2.24) is 0 Å². The summed E-state index contributed by atoms with van der Waals surface area (Å²) < 4.78 is 34.5. The molecule has 0 amide bonds. The van der Waals surface area contributed by atoms with Gasteiger partial charge in [0.2, 0.25) is 0 Å². The Bertz CT molecular complexity index is 1460. The Morgan fingerprint density at radius 2 is 1.52 bits per heavy atom. The van der Waals surface area contributed by atoms with E-state index in [9.17, 15) is 19.0 Å². The average molecular weight is 942 g/mol. The van der Waals surface area contributed by atoms with E-state index in [4.69, 9.17) is 18.5 Å². The molecular formula is C51H92NO8PS2. The number of fused-ring (bicyclic) bond motifs is 5. The molecule has 4 rings (SSSR count). The maximum atomic E-state index is 13.2. The van der Waals surface area contributed by atoms with E-state index in [1.165, 1.54) is 120 Å². The average Bonchev–Trinajstić information content (AvgIpc) is 3.57. The lowest BCUT2D eigenvalue weighted by atomic mass is 9.47. The molecule has 63 heavy (non-hydrogen) atoms. The largest absolute Gasteiger partial charge is 0.756 e. The fourth-order valence-electron chi connectivity index (χ4n) is 12.1. The van der Waals surface area contributed by atoms with E-state index in [-0.39, 0.29) is 36.8 Å². The summed E-state index contributed by atoms with van der Waals surface area (Å²) >= 11 is 0. The van der Waals surface area contributed by atoms with Gasteiger partial charge in [-0.1, -0.05) is 158 Å². The zero-order valence-electron chi connectivity index (χ0n) is 41.5. The molecule has 9 nitrogen and oxygen atoms in total. The molecule has 0 aromatic rings. The van der Waals surface area contributed by atoms with E-state index in [1.54, 1.807) is 16.4 Å². The molecule has 0 radical (unpaired) electrons. The third-order valence-corrected chi connectivity index (χ3v) is 19.5. The molecular weight excluding hydrogens is 850 g/mol. The van der Waals surface area contributed by atoms with Crippen molar-refractivity contribution in [3.63, 3.8) is 0 Å². The van der Waals surface area contributed by atoms with Crippen molar-refractivity contribution in [3.05, 3.63) is 11.6 Å². The lowest BCUT2D eigenvalue weighted by Gasteiger charge is -2.58. The van der Waals surface area contributed by atoms with Crippen LogP contribution < -0.4 is 4.89 Å². The smallest absolute Gasteiger partial charge is 0.317 e. The number of likely N-dealkylation sites (N-methyl/N-ethyl adjacent to an activating group) is 1. The molecule has 0 bridgehead atoms. The van der Waals surface area contributed by atoms with Gasteiger partial charge in [-0.2, -0.15) is 0 Å². The highest BCUT2D eigenvalue weighted by molar-refractivity contribution is 8.77. The minimum Gasteiger partial charge on any atom is -0.756 e. The Labute approximate surface area is 393 Å². The second kappa shape index (κ2) is 26.9. The number of carbonyl (C=O) groups is 2. The molecule has 10 atom stereocenters. The summed E-state index contributed by atoms with van der Waals surface area (Å²) in [6, 6.07) is 0. The van der Waals surface area contributed by atoms with Crippen LogP contribution in [0.15, 0.2) is 11.6 Å². The summed E-state index contributed by atoms with van der Waals surface area (Å²) in [6.45, 7) is 14.5. The number of unbranched alkanes of at least 4 members (excludes halogenated alkanes) is 10. The van der Waals surface area contributed by atoms with Gasteiger partial charge in [0, 0.05) is 11.7 Å². The van der Waals surface area contributed by atoms with E-state index in [2.05, 4.69) is 47.6 Å². The Balaban J connectivity index is 1.22. The van der Waals surface area contributed by atoms with Crippen LogP contribution in [0.2, 0.25) is 0 Å². The highest BCUT2D eigenvalue weighted by Gasteiger charge is 2.59. The van der Waals surface area contributed by atoms with Gasteiger partial charge in [0.1, 0.15) is 25.5 Å². The van der Waals surface area contributed by atoms with Gasteiger partial charge in [0.15, 0.2) is 6.10 Å². The van der Waals surface area contributed by atoms with Gasteiger partial charge in [0.05, 0.1) is 27.7 Å². The molecule has 366 valence electrons. The summed E-state index contributed by atoms with van der Waals surface area (Å²) in [5.41, 5.74) is 2.42. The Kier molecular flexibility index (Phi) is 23.5. The molecule has 3 fully saturated rings. The predicted octanol–water partition coefficient (Wildman–Crippen LogP) is 13.1. The van der Waals surface area contributed by atoms with Crippen LogP contribution in [0.4, 0.5) is 0 Å². The van der Waals surface area contributed by atoms with Gasteiger partial charge in [0.25, 0.3) is 7.82 Å². The molecule has 0 heterocycles. The van der Waals surface area contributed by atoms with Gasteiger partial charge in [-0.25, -0.2) is 0 Å². The summed E-state index contributed by atoms with van der Waals surface area (Å²) in [4.78, 5) is 38.4. The van der Waals surface area contributed by atoms with Crippen molar-refractivity contribution in [1.29, 1.82) is 0 Å². The van der Waals surface area contributed by atoms with Crippen molar-refractivity contribution in [2.24, 2.45) is 46.3 Å². The van der Waals surface area contributed by atoms with Crippen LogP contribution in [0.5, 0.6) is 0 Å². The molecule has 0 N–H and O–H groups in total. The maximum absolute atomic E-state index is 13.2. The van der Waals surface area contributed by atoms with E-state index in [0.29, 0.717) is 21.7 Å². The Hall–Kier alpha value is -0.550. The van der Waals surface area contributed by atoms with E-state index in [1.807, 2.05) is 21.1 Å². The molecule has 4 aliphatic carbocycles. The molecule has 0 aromatic carbocycles. The zero-order valence-corrected chi connectivity index (χ0v) is 44.0. The van der Waals surface area contributed by atoms with Crippen molar-refractivity contribution in [2.75, 3.05) is 53.3 Å². The number of quaternary nitrogens is 1. The third-order valence-electron chi connectivity index (χ3n) is 15.8. The molecule has 0 aromatic heterocycles. The molecule has 4 aliphatic rings. The van der Waals surface area contributed by atoms with Gasteiger partial charge in [-0.05, 0) is 104 Å². The highest BCUT2D eigenvalue weighted by atomic mass is 33.1. The Morgan fingerprint density at radius 1 is 0.841 bits per heavy atom. The second-order valence-electron chi connectivity index (χ2n) is 22.2. The van der Waals surface area contributed by atoms with E-state index < -0.39 is 26.5 Å². The molecule has 12 heteroatoms. The van der Waals surface area contributed by atoms with Crippen LogP contribution in [-0.4, -0.2) is 81.0 Å². The lowest BCUT2D eigenvalue weighted by molar-refractivity contribution is -0.870. The summed E-state index contributed by atoms with van der Waals surface area (Å²) in [5, 5.41) is 0.431. The number of carbonyl (C=O) groups excluding carboxylic acids is 2. The number of phosphoric acid groups is 1. The van der Waals surface area contributed by atoms with Gasteiger partial charge >= 0.3 is 11.9 Å². The molecule has 0 aliphatic heterocycles. The maximum Gasteiger partial charge on any atom is 0.317 e. The van der Waals surface area contributed by atoms with Crippen LogP contribution in [0.25, 0.3) is 0 Å². The highest BCUT2D eigenvalue weighted by Crippen LogP contribution is 2.67. The monoisotopic (exact) mass is 942 g/mol. The predicted molar refractivity (Wildman–Crippen MR) is 261 cm³/mol. The lowest BCUT2D eigenvalue weighted by Crippen LogP contribution is -2.50. The molecule has 0 spiro atoms.